The number of nitriles is 1. The van der Waals surface area contributed by atoms with Crippen LogP contribution in [0, 0.1) is 11.3 Å². The van der Waals surface area contributed by atoms with Crippen molar-refractivity contribution >= 4 is 32.9 Å². The summed E-state index contributed by atoms with van der Waals surface area (Å²) < 4.78 is 0.978. The van der Waals surface area contributed by atoms with Crippen LogP contribution in [0.3, 0.4) is 0 Å². The van der Waals surface area contributed by atoms with Gasteiger partial charge in [-0.3, -0.25) is 4.98 Å². The Morgan fingerprint density at radius 2 is 2.17 bits per heavy atom. The molecule has 0 N–H and O–H groups in total. The first-order valence-electron chi connectivity index (χ1n) is 5.45. The Bertz CT molecular complexity index is 654. The van der Waals surface area contributed by atoms with Crippen molar-refractivity contribution in [1.82, 2.24) is 9.88 Å². The molecule has 0 fully saturated rings. The van der Waals surface area contributed by atoms with E-state index in [9.17, 15) is 0 Å². The Kier molecular flexibility index (Phi) is 3.63. The maximum atomic E-state index is 9.16. The fraction of sp³-hybridized carbons (Fsp3) is 0.143. The molecule has 1 heterocycles. The number of fused-ring (bicyclic) bond motifs is 1. The summed E-state index contributed by atoms with van der Waals surface area (Å²) in [5, 5.41) is 10.1. The Morgan fingerprint density at radius 1 is 1.39 bits per heavy atom. The average Bonchev–Trinajstić information content (AvgIpc) is 2.35. The molecule has 0 amide bonds. The van der Waals surface area contributed by atoms with Gasteiger partial charge in [0, 0.05) is 35.7 Å². The van der Waals surface area contributed by atoms with Crippen molar-refractivity contribution in [3.8, 4) is 6.07 Å². The van der Waals surface area contributed by atoms with Crippen LogP contribution in [0.1, 0.15) is 11.1 Å². The van der Waals surface area contributed by atoms with Gasteiger partial charge in [0.05, 0.1) is 11.1 Å². The molecule has 0 atom stereocenters. The van der Waals surface area contributed by atoms with Crippen molar-refractivity contribution in [2.45, 2.75) is 0 Å². The van der Waals surface area contributed by atoms with Crippen molar-refractivity contribution in [3.63, 3.8) is 0 Å². The van der Waals surface area contributed by atoms with E-state index < -0.39 is 0 Å². The number of rotatable bonds is 2. The van der Waals surface area contributed by atoms with Gasteiger partial charge in [-0.25, -0.2) is 0 Å². The normalized spacial score (nSPS) is 10.8. The molecule has 0 radical (unpaired) electrons. The summed E-state index contributed by atoms with van der Waals surface area (Å²) in [4.78, 5) is 6.23. The van der Waals surface area contributed by atoms with Crippen molar-refractivity contribution in [2.24, 2.45) is 0 Å². The molecule has 1 aromatic carbocycles. The van der Waals surface area contributed by atoms with Crippen LogP contribution in [-0.4, -0.2) is 24.0 Å². The summed E-state index contributed by atoms with van der Waals surface area (Å²) in [5.41, 5.74) is 2.37. The first-order chi connectivity index (χ1) is 8.61. The summed E-state index contributed by atoms with van der Waals surface area (Å²) in [7, 11) is 3.89. The lowest BCUT2D eigenvalue weighted by atomic mass is 10.0. The van der Waals surface area contributed by atoms with Crippen molar-refractivity contribution in [2.75, 3.05) is 14.1 Å². The van der Waals surface area contributed by atoms with Crippen LogP contribution in [0.25, 0.3) is 17.0 Å². The highest BCUT2D eigenvalue weighted by Gasteiger charge is 2.06. The van der Waals surface area contributed by atoms with Crippen LogP contribution in [0.4, 0.5) is 0 Å². The highest BCUT2D eigenvalue weighted by molar-refractivity contribution is 9.10. The summed E-state index contributed by atoms with van der Waals surface area (Å²) in [6.07, 6.45) is 5.48. The zero-order valence-electron chi connectivity index (χ0n) is 10.2. The lowest BCUT2D eigenvalue weighted by Crippen LogP contribution is -2.00. The maximum absolute atomic E-state index is 9.16. The molecular weight excluding hydrogens is 290 g/mol. The summed E-state index contributed by atoms with van der Waals surface area (Å²) in [6.45, 7) is 0. The first-order valence-corrected chi connectivity index (χ1v) is 6.24. The van der Waals surface area contributed by atoms with Gasteiger partial charge >= 0.3 is 0 Å². The second kappa shape index (κ2) is 5.19. The zero-order valence-corrected chi connectivity index (χ0v) is 11.8. The topological polar surface area (TPSA) is 39.9 Å². The molecule has 90 valence electrons. The second-order valence-electron chi connectivity index (χ2n) is 4.14. The highest BCUT2D eigenvalue weighted by Crippen LogP contribution is 2.25. The molecule has 3 nitrogen and oxygen atoms in total. The van der Waals surface area contributed by atoms with E-state index in [0.29, 0.717) is 5.56 Å². The third-order valence-corrected chi connectivity index (χ3v) is 3.02. The molecular formula is C14H12BrN3. The number of hydrogen-bond donors (Lipinski definition) is 0. The molecule has 2 aromatic rings. The minimum atomic E-state index is 0.582. The Balaban J connectivity index is 2.73. The van der Waals surface area contributed by atoms with E-state index in [2.05, 4.69) is 27.0 Å². The zero-order chi connectivity index (χ0) is 13.1. The molecule has 0 aliphatic carbocycles. The monoisotopic (exact) mass is 301 g/mol. The molecule has 0 bridgehead atoms. The molecule has 2 rings (SSSR count). The molecule has 0 aliphatic heterocycles. The Hall–Kier alpha value is -1.86. The quantitative estimate of drug-likeness (QED) is 0.853. The third kappa shape index (κ3) is 2.52. The van der Waals surface area contributed by atoms with Crippen molar-refractivity contribution in [3.05, 3.63) is 46.2 Å². The van der Waals surface area contributed by atoms with Gasteiger partial charge in [0.25, 0.3) is 0 Å². The van der Waals surface area contributed by atoms with Gasteiger partial charge in [-0.15, -0.1) is 0 Å². The Labute approximate surface area is 114 Å². The lowest BCUT2D eigenvalue weighted by molar-refractivity contribution is 0.567. The molecule has 0 saturated carbocycles. The molecule has 1 aromatic heterocycles. The maximum Gasteiger partial charge on any atom is 0.101 e. The van der Waals surface area contributed by atoms with E-state index >= 15 is 0 Å². The minimum Gasteiger partial charge on any atom is -0.383 e. The fourth-order valence-corrected chi connectivity index (χ4v) is 2.04. The number of pyridine rings is 1. The van der Waals surface area contributed by atoms with E-state index in [1.807, 2.05) is 49.5 Å². The lowest BCUT2D eigenvalue weighted by Gasteiger charge is -2.07. The second-order valence-corrected chi connectivity index (χ2v) is 5.05. The number of aromatic nitrogens is 1. The van der Waals surface area contributed by atoms with Gasteiger partial charge < -0.3 is 4.90 Å². The van der Waals surface area contributed by atoms with E-state index in [1.165, 1.54) is 0 Å². The standard InChI is InChI=1S/C14H12BrN3/c1-18(2)6-5-12-10(8-16)9-17-14-4-3-11(15)7-13(12)14/h3-7,9H,1-2H3. The summed E-state index contributed by atoms with van der Waals surface area (Å²) >= 11 is 3.45. The Morgan fingerprint density at radius 3 is 2.83 bits per heavy atom. The summed E-state index contributed by atoms with van der Waals surface area (Å²) in [5.74, 6) is 0. The van der Waals surface area contributed by atoms with E-state index in [-0.39, 0.29) is 0 Å². The van der Waals surface area contributed by atoms with Crippen molar-refractivity contribution in [1.29, 1.82) is 5.26 Å². The van der Waals surface area contributed by atoms with Crippen LogP contribution in [0.5, 0.6) is 0 Å². The van der Waals surface area contributed by atoms with Crippen LogP contribution >= 0.6 is 15.9 Å². The number of nitrogens with zero attached hydrogens (tertiary/aromatic N) is 3. The molecule has 18 heavy (non-hydrogen) atoms. The molecule has 4 heteroatoms. The van der Waals surface area contributed by atoms with Gasteiger partial charge in [0.1, 0.15) is 6.07 Å². The van der Waals surface area contributed by atoms with Gasteiger partial charge in [-0.1, -0.05) is 15.9 Å². The smallest absolute Gasteiger partial charge is 0.101 e. The number of benzene rings is 1. The van der Waals surface area contributed by atoms with E-state index in [0.717, 1.165) is 20.9 Å². The largest absolute Gasteiger partial charge is 0.383 e. The van der Waals surface area contributed by atoms with Crippen molar-refractivity contribution < 1.29 is 0 Å². The number of halogens is 1. The first kappa shape index (κ1) is 12.6. The molecule has 0 aliphatic rings. The number of hydrogen-bond acceptors (Lipinski definition) is 3. The van der Waals surface area contributed by atoms with Crippen LogP contribution in [0.2, 0.25) is 0 Å². The molecule has 0 saturated heterocycles. The van der Waals surface area contributed by atoms with E-state index in [1.54, 1.807) is 6.20 Å². The average molecular weight is 302 g/mol. The SMILES string of the molecule is CN(C)C=Cc1c(C#N)cnc2ccc(Br)cc12. The predicted molar refractivity (Wildman–Crippen MR) is 76.9 cm³/mol. The molecule has 0 spiro atoms. The predicted octanol–water partition coefficient (Wildman–Crippen LogP) is 3.40. The fourth-order valence-electron chi connectivity index (χ4n) is 1.68. The highest BCUT2D eigenvalue weighted by atomic mass is 79.9. The van der Waals surface area contributed by atoms with Gasteiger partial charge in [0.15, 0.2) is 0 Å². The van der Waals surface area contributed by atoms with Crippen LogP contribution < -0.4 is 0 Å². The molecule has 0 unspecified atom stereocenters. The van der Waals surface area contributed by atoms with Gasteiger partial charge in [-0.05, 0) is 30.5 Å². The van der Waals surface area contributed by atoms with Gasteiger partial charge in [0.2, 0.25) is 0 Å². The van der Waals surface area contributed by atoms with Crippen LogP contribution in [-0.2, 0) is 0 Å². The van der Waals surface area contributed by atoms with Crippen LogP contribution in [0.15, 0.2) is 35.1 Å². The van der Waals surface area contributed by atoms with Gasteiger partial charge in [-0.2, -0.15) is 5.26 Å². The summed E-state index contributed by atoms with van der Waals surface area (Å²) in [6, 6.07) is 8.05. The minimum absolute atomic E-state index is 0.582. The third-order valence-electron chi connectivity index (χ3n) is 2.53. The van der Waals surface area contributed by atoms with E-state index in [4.69, 9.17) is 5.26 Å².